The zero-order chi connectivity index (χ0) is 15.9. The van der Waals surface area contributed by atoms with Gasteiger partial charge in [-0.1, -0.05) is 39.7 Å². The molecular weight excluding hydrogens is 272 g/mol. The summed E-state index contributed by atoms with van der Waals surface area (Å²) in [5.74, 6) is 1.72. The molecule has 0 unspecified atom stereocenters. The summed E-state index contributed by atoms with van der Waals surface area (Å²) >= 11 is 0. The van der Waals surface area contributed by atoms with E-state index < -0.39 is 0 Å². The molecule has 120 valence electrons. The monoisotopic (exact) mass is 300 g/mol. The van der Waals surface area contributed by atoms with Gasteiger partial charge in [-0.3, -0.25) is 4.79 Å². The number of aromatic hydroxyl groups is 1. The minimum Gasteiger partial charge on any atom is -0.508 e. The fourth-order valence-corrected chi connectivity index (χ4v) is 5.06. The Bertz CT molecular complexity index is 577. The van der Waals surface area contributed by atoms with E-state index in [-0.39, 0.29) is 11.3 Å². The number of ketones is 1. The largest absolute Gasteiger partial charge is 0.508 e. The Kier molecular flexibility index (Phi) is 4.05. The number of hydrogen-bond donors (Lipinski definition) is 1. The van der Waals surface area contributed by atoms with Crippen LogP contribution >= 0.6 is 0 Å². The van der Waals surface area contributed by atoms with Crippen LogP contribution in [0.1, 0.15) is 69.9 Å². The molecule has 2 heteroatoms. The van der Waals surface area contributed by atoms with Gasteiger partial charge in [-0.05, 0) is 59.8 Å². The average Bonchev–Trinajstić information content (AvgIpc) is 2.49. The van der Waals surface area contributed by atoms with Crippen LogP contribution in [0.25, 0.3) is 0 Å². The number of rotatable bonds is 3. The number of aryl methyl sites for hydroxylation is 1. The molecule has 0 aromatic heterocycles. The van der Waals surface area contributed by atoms with Crippen LogP contribution in [0.5, 0.6) is 5.75 Å². The highest BCUT2D eigenvalue weighted by molar-refractivity contribution is 5.83. The second kappa shape index (κ2) is 5.72. The Hall–Kier alpha value is -1.31. The van der Waals surface area contributed by atoms with Crippen LogP contribution in [-0.4, -0.2) is 10.9 Å². The lowest BCUT2D eigenvalue weighted by atomic mass is 9.50. The average molecular weight is 300 g/mol. The number of hydrogen-bond acceptors (Lipinski definition) is 2. The summed E-state index contributed by atoms with van der Waals surface area (Å²) in [4.78, 5) is 12.6. The van der Waals surface area contributed by atoms with Gasteiger partial charge in [0.2, 0.25) is 0 Å². The Morgan fingerprint density at radius 2 is 2.14 bits per heavy atom. The van der Waals surface area contributed by atoms with E-state index in [1.54, 1.807) is 6.07 Å². The number of phenolic OH excluding ortho intramolecular Hbond substituents is 1. The molecule has 4 atom stereocenters. The Morgan fingerprint density at radius 1 is 1.36 bits per heavy atom. The molecule has 0 heterocycles. The summed E-state index contributed by atoms with van der Waals surface area (Å²) in [6.45, 7) is 6.76. The normalized spacial score (nSPS) is 34.1. The molecular formula is C20H28O2. The first-order valence-electron chi connectivity index (χ1n) is 8.82. The van der Waals surface area contributed by atoms with Crippen LogP contribution in [0.4, 0.5) is 0 Å². The van der Waals surface area contributed by atoms with E-state index in [1.807, 2.05) is 6.07 Å². The van der Waals surface area contributed by atoms with E-state index in [2.05, 4.69) is 26.8 Å². The molecule has 3 rings (SSSR count). The van der Waals surface area contributed by atoms with E-state index in [4.69, 9.17) is 0 Å². The zero-order valence-electron chi connectivity index (χ0n) is 14.1. The van der Waals surface area contributed by atoms with Gasteiger partial charge in [-0.15, -0.1) is 0 Å². The van der Waals surface area contributed by atoms with E-state index in [0.29, 0.717) is 23.4 Å². The van der Waals surface area contributed by atoms with Crippen molar-refractivity contribution in [1.29, 1.82) is 0 Å². The predicted molar refractivity (Wildman–Crippen MR) is 89.1 cm³/mol. The van der Waals surface area contributed by atoms with Crippen molar-refractivity contribution in [2.24, 2.45) is 17.3 Å². The quantitative estimate of drug-likeness (QED) is 0.867. The van der Waals surface area contributed by atoms with Crippen molar-refractivity contribution < 1.29 is 9.90 Å². The molecule has 0 saturated heterocycles. The number of carbonyl (C=O) groups excluding carboxylic acids is 1. The Labute approximate surface area is 133 Å². The SMILES string of the molecule is CCCC[C@H]1CC(=O)[C@@H](C)[C@@H]2c3ccc(O)cc3CC[C@@]12C. The van der Waals surface area contributed by atoms with Gasteiger partial charge in [-0.25, -0.2) is 0 Å². The van der Waals surface area contributed by atoms with Crippen LogP contribution in [0.3, 0.4) is 0 Å². The van der Waals surface area contributed by atoms with Crippen LogP contribution in [0.15, 0.2) is 18.2 Å². The van der Waals surface area contributed by atoms with Crippen molar-refractivity contribution >= 4 is 5.78 Å². The number of fused-ring (bicyclic) bond motifs is 3. The van der Waals surface area contributed by atoms with Gasteiger partial charge < -0.3 is 5.11 Å². The molecule has 22 heavy (non-hydrogen) atoms. The van der Waals surface area contributed by atoms with Gasteiger partial charge in [0.1, 0.15) is 11.5 Å². The van der Waals surface area contributed by atoms with Crippen LogP contribution < -0.4 is 0 Å². The van der Waals surface area contributed by atoms with Gasteiger partial charge in [-0.2, -0.15) is 0 Å². The maximum atomic E-state index is 12.6. The molecule has 0 radical (unpaired) electrons. The zero-order valence-corrected chi connectivity index (χ0v) is 14.1. The van der Waals surface area contributed by atoms with E-state index in [1.165, 1.54) is 30.4 Å². The number of phenols is 1. The van der Waals surface area contributed by atoms with Gasteiger partial charge in [0.15, 0.2) is 0 Å². The molecule has 0 bridgehead atoms. The molecule has 1 saturated carbocycles. The standard InChI is InChI=1S/C20H28O2/c1-4-5-6-15-12-18(22)13(2)19-17-8-7-16(21)11-14(17)9-10-20(15,19)3/h7-8,11,13,15,19,21H,4-6,9-10,12H2,1-3H3/t13-,15+,19-,20+/m1/s1. The third kappa shape index (κ3) is 2.37. The van der Waals surface area contributed by atoms with Crippen molar-refractivity contribution in [3.8, 4) is 5.75 Å². The smallest absolute Gasteiger partial charge is 0.136 e. The molecule has 1 aromatic rings. The lowest BCUT2D eigenvalue weighted by Crippen LogP contribution is -2.48. The second-order valence-corrected chi connectivity index (χ2v) is 7.66. The number of unbranched alkanes of at least 4 members (excludes halogenated alkanes) is 1. The lowest BCUT2D eigenvalue weighted by Gasteiger charge is -2.53. The molecule has 2 aliphatic carbocycles. The first-order chi connectivity index (χ1) is 10.5. The molecule has 1 fully saturated rings. The molecule has 1 N–H and O–H groups in total. The molecule has 2 nitrogen and oxygen atoms in total. The van der Waals surface area contributed by atoms with Crippen molar-refractivity contribution in [3.05, 3.63) is 29.3 Å². The first kappa shape index (κ1) is 15.6. The molecule has 0 spiro atoms. The van der Waals surface area contributed by atoms with Crippen molar-refractivity contribution in [3.63, 3.8) is 0 Å². The summed E-state index contributed by atoms with van der Waals surface area (Å²) in [6, 6.07) is 5.76. The number of Topliss-reactive ketones (excluding diaryl/α,β-unsaturated/α-hetero) is 1. The minimum atomic E-state index is 0.103. The highest BCUT2D eigenvalue weighted by atomic mass is 16.3. The van der Waals surface area contributed by atoms with Gasteiger partial charge in [0.25, 0.3) is 0 Å². The molecule has 0 amide bonds. The summed E-state index contributed by atoms with van der Waals surface area (Å²) in [5.41, 5.74) is 2.79. The van der Waals surface area contributed by atoms with Gasteiger partial charge >= 0.3 is 0 Å². The lowest BCUT2D eigenvalue weighted by molar-refractivity contribution is -0.132. The van der Waals surface area contributed by atoms with Gasteiger partial charge in [0, 0.05) is 12.3 Å². The topological polar surface area (TPSA) is 37.3 Å². The highest BCUT2D eigenvalue weighted by Gasteiger charge is 2.52. The van der Waals surface area contributed by atoms with E-state index in [9.17, 15) is 9.90 Å². The minimum absolute atomic E-state index is 0.103. The van der Waals surface area contributed by atoms with Gasteiger partial charge in [0.05, 0.1) is 0 Å². The number of benzene rings is 1. The number of carbonyl (C=O) groups is 1. The summed E-state index contributed by atoms with van der Waals surface area (Å²) in [5, 5.41) is 9.77. The third-order valence-corrected chi connectivity index (χ3v) is 6.40. The summed E-state index contributed by atoms with van der Waals surface area (Å²) < 4.78 is 0. The molecule has 0 aliphatic heterocycles. The maximum Gasteiger partial charge on any atom is 0.136 e. The second-order valence-electron chi connectivity index (χ2n) is 7.66. The van der Waals surface area contributed by atoms with Crippen LogP contribution in [0, 0.1) is 17.3 Å². The van der Waals surface area contributed by atoms with Crippen molar-refractivity contribution in [2.75, 3.05) is 0 Å². The highest BCUT2D eigenvalue weighted by Crippen LogP contribution is 2.58. The first-order valence-corrected chi connectivity index (χ1v) is 8.82. The molecule has 1 aromatic carbocycles. The van der Waals surface area contributed by atoms with Crippen molar-refractivity contribution in [1.82, 2.24) is 0 Å². The predicted octanol–water partition coefficient (Wildman–Crippen LogP) is 4.84. The van der Waals surface area contributed by atoms with Crippen molar-refractivity contribution in [2.45, 2.75) is 65.2 Å². The van der Waals surface area contributed by atoms with Crippen LogP contribution in [0.2, 0.25) is 0 Å². The molecule has 2 aliphatic rings. The summed E-state index contributed by atoms with van der Waals surface area (Å²) in [7, 11) is 0. The Balaban J connectivity index is 2.03. The van der Waals surface area contributed by atoms with Crippen LogP contribution in [-0.2, 0) is 11.2 Å². The third-order valence-electron chi connectivity index (χ3n) is 6.40. The fourth-order valence-electron chi connectivity index (χ4n) is 5.06. The maximum absolute atomic E-state index is 12.6. The summed E-state index contributed by atoms with van der Waals surface area (Å²) in [6.07, 6.45) is 6.53. The van der Waals surface area contributed by atoms with E-state index >= 15 is 0 Å². The Morgan fingerprint density at radius 3 is 2.86 bits per heavy atom. The van der Waals surface area contributed by atoms with E-state index in [0.717, 1.165) is 19.3 Å². The fraction of sp³-hybridized carbons (Fsp3) is 0.650.